The lowest BCUT2D eigenvalue weighted by molar-refractivity contribution is -0.0501. The number of hydrogen-bond acceptors (Lipinski definition) is 11. The van der Waals surface area contributed by atoms with Gasteiger partial charge < -0.3 is 25.8 Å². The molecule has 1 saturated heterocycles. The van der Waals surface area contributed by atoms with Crippen molar-refractivity contribution >= 4 is 40.0 Å². The molecule has 1 aliphatic rings. The van der Waals surface area contributed by atoms with Crippen LogP contribution in [0.3, 0.4) is 0 Å². The number of aliphatic hydroxyl groups excluding tert-OH is 3. The molecule has 0 aliphatic carbocycles. The van der Waals surface area contributed by atoms with Crippen molar-refractivity contribution in [2.24, 2.45) is 5.10 Å². The van der Waals surface area contributed by atoms with E-state index in [1.54, 1.807) is 0 Å². The molecule has 6 N–H and O–H groups in total. The average molecular weight is 436 g/mol. The van der Waals surface area contributed by atoms with Gasteiger partial charge in [0.1, 0.15) is 24.6 Å². The molecule has 5 rings (SSSR count). The van der Waals surface area contributed by atoms with E-state index >= 15 is 0 Å². The summed E-state index contributed by atoms with van der Waals surface area (Å²) in [5.41, 5.74) is 10.7. The van der Waals surface area contributed by atoms with Crippen LogP contribution in [-0.2, 0) is 4.74 Å². The Hall–Kier alpha value is -3.71. The van der Waals surface area contributed by atoms with Gasteiger partial charge in [-0.1, -0.05) is 24.3 Å². The molecular weight excluding hydrogens is 416 g/mol. The molecule has 0 unspecified atom stereocenters. The molecule has 4 aromatic rings. The second-order valence-corrected chi connectivity index (χ2v) is 7.26. The van der Waals surface area contributed by atoms with E-state index < -0.39 is 31.1 Å². The normalized spacial score (nSPS) is 23.5. The number of fused-ring (bicyclic) bond motifs is 2. The average Bonchev–Trinajstić information content (AvgIpc) is 3.31. The fourth-order valence-corrected chi connectivity index (χ4v) is 3.65. The molecule has 1 aliphatic heterocycles. The van der Waals surface area contributed by atoms with Gasteiger partial charge in [-0.15, -0.1) is 0 Å². The van der Waals surface area contributed by atoms with Crippen molar-refractivity contribution in [2.45, 2.75) is 24.5 Å². The number of anilines is 2. The first kappa shape index (κ1) is 20.2. The van der Waals surface area contributed by atoms with Crippen LogP contribution in [0.1, 0.15) is 11.9 Å². The minimum atomic E-state index is -1.34. The van der Waals surface area contributed by atoms with E-state index in [1.807, 2.05) is 36.4 Å². The van der Waals surface area contributed by atoms with Crippen molar-refractivity contribution in [1.82, 2.24) is 24.5 Å². The SMILES string of the molecule is Nc1ncnc2c1nc(N/N=C\c1ccc3ccccc3n1)n2[C@H]1O[C@@H](CO)[C@H](O)[C@@H]1O. The number of hydrogen-bond donors (Lipinski definition) is 5. The third-order valence-corrected chi connectivity index (χ3v) is 5.26. The smallest absolute Gasteiger partial charge is 0.228 e. The van der Waals surface area contributed by atoms with Crippen molar-refractivity contribution < 1.29 is 20.1 Å². The van der Waals surface area contributed by atoms with Crippen LogP contribution in [0, 0.1) is 0 Å². The molecule has 0 amide bonds. The van der Waals surface area contributed by atoms with Gasteiger partial charge in [0.15, 0.2) is 23.2 Å². The third kappa shape index (κ3) is 3.40. The summed E-state index contributed by atoms with van der Waals surface area (Å²) in [5, 5.41) is 35.3. The highest BCUT2D eigenvalue weighted by Gasteiger charge is 2.45. The molecule has 0 radical (unpaired) electrons. The molecule has 1 fully saturated rings. The van der Waals surface area contributed by atoms with Crippen molar-refractivity contribution in [3.63, 3.8) is 0 Å². The molecule has 0 spiro atoms. The van der Waals surface area contributed by atoms with Gasteiger partial charge in [0, 0.05) is 5.39 Å². The minimum absolute atomic E-state index is 0.128. The van der Waals surface area contributed by atoms with E-state index in [4.69, 9.17) is 10.5 Å². The first-order valence-corrected chi connectivity index (χ1v) is 9.82. The molecule has 164 valence electrons. The Bertz CT molecular complexity index is 1310. The monoisotopic (exact) mass is 436 g/mol. The first-order valence-electron chi connectivity index (χ1n) is 9.82. The molecule has 0 bridgehead atoms. The summed E-state index contributed by atoms with van der Waals surface area (Å²) in [6.07, 6.45) is -1.92. The van der Waals surface area contributed by atoms with Gasteiger partial charge in [0.25, 0.3) is 0 Å². The minimum Gasteiger partial charge on any atom is -0.394 e. The number of aromatic nitrogens is 5. The highest BCUT2D eigenvalue weighted by atomic mass is 16.6. The number of pyridine rings is 1. The lowest BCUT2D eigenvalue weighted by Crippen LogP contribution is -2.33. The Morgan fingerprint density at radius 1 is 1.12 bits per heavy atom. The van der Waals surface area contributed by atoms with E-state index in [2.05, 4.69) is 30.5 Å². The predicted octanol–water partition coefficient (Wildman–Crippen LogP) is 0.0142. The van der Waals surface area contributed by atoms with Crippen LogP contribution < -0.4 is 11.2 Å². The highest BCUT2D eigenvalue weighted by Crippen LogP contribution is 2.35. The van der Waals surface area contributed by atoms with Gasteiger partial charge >= 0.3 is 0 Å². The Labute approximate surface area is 181 Å². The third-order valence-electron chi connectivity index (χ3n) is 5.26. The summed E-state index contributed by atoms with van der Waals surface area (Å²) < 4.78 is 7.07. The second-order valence-electron chi connectivity index (χ2n) is 7.26. The highest BCUT2D eigenvalue weighted by molar-refractivity contribution is 5.86. The van der Waals surface area contributed by atoms with Crippen molar-refractivity contribution in [2.75, 3.05) is 17.8 Å². The number of para-hydroxylation sites is 1. The van der Waals surface area contributed by atoms with Crippen LogP contribution in [0.15, 0.2) is 47.8 Å². The number of nitrogens with one attached hydrogen (secondary N) is 1. The number of rotatable bonds is 5. The van der Waals surface area contributed by atoms with E-state index in [0.717, 1.165) is 10.9 Å². The number of imidazole rings is 1. The molecule has 1 aromatic carbocycles. The Kier molecular flexibility index (Phi) is 5.11. The summed E-state index contributed by atoms with van der Waals surface area (Å²) in [7, 11) is 0. The van der Waals surface area contributed by atoms with Gasteiger partial charge in [-0.05, 0) is 12.1 Å². The zero-order valence-corrected chi connectivity index (χ0v) is 16.6. The van der Waals surface area contributed by atoms with Crippen LogP contribution >= 0.6 is 0 Å². The Morgan fingerprint density at radius 3 is 2.78 bits per heavy atom. The fraction of sp³-hybridized carbons (Fsp3) is 0.250. The maximum Gasteiger partial charge on any atom is 0.228 e. The van der Waals surface area contributed by atoms with Gasteiger partial charge in [-0.25, -0.2) is 25.4 Å². The van der Waals surface area contributed by atoms with E-state index in [1.165, 1.54) is 17.1 Å². The van der Waals surface area contributed by atoms with Crippen LogP contribution in [0.2, 0.25) is 0 Å². The summed E-state index contributed by atoms with van der Waals surface area (Å²) in [4.78, 5) is 17.0. The van der Waals surface area contributed by atoms with Gasteiger partial charge in [0.2, 0.25) is 5.95 Å². The lowest BCUT2D eigenvalue weighted by Gasteiger charge is -2.18. The van der Waals surface area contributed by atoms with Gasteiger partial charge in [-0.2, -0.15) is 5.10 Å². The molecule has 32 heavy (non-hydrogen) atoms. The van der Waals surface area contributed by atoms with Gasteiger partial charge in [0.05, 0.1) is 24.0 Å². The molecule has 4 atom stereocenters. The summed E-state index contributed by atoms with van der Waals surface area (Å²) in [6.45, 7) is -0.465. The molecule has 12 nitrogen and oxygen atoms in total. The maximum atomic E-state index is 10.5. The zero-order chi connectivity index (χ0) is 22.2. The van der Waals surface area contributed by atoms with Crippen LogP contribution in [0.25, 0.3) is 22.1 Å². The fourth-order valence-electron chi connectivity index (χ4n) is 3.65. The number of nitrogens with zero attached hydrogens (tertiary/aromatic N) is 6. The molecule has 0 saturated carbocycles. The second kappa shape index (κ2) is 8.09. The van der Waals surface area contributed by atoms with Gasteiger partial charge in [-0.3, -0.25) is 4.57 Å². The standard InChI is InChI=1S/C20H20N8O4/c21-17-14-18(23-9-22-17)28(19-16(31)15(30)13(8-29)32-19)20(26-14)27-24-7-11-6-5-10-3-1-2-4-12(10)25-11/h1-7,9,13,15-16,19,29-31H,8H2,(H,26,27)(H2,21,22,23)/b24-7-/t13-,15-,16-,19-/m0/s1. The summed E-state index contributed by atoms with van der Waals surface area (Å²) in [5.74, 6) is 0.280. The molecular formula is C20H20N8O4. The molecule has 4 heterocycles. The number of nitrogen functional groups attached to an aromatic ring is 1. The Morgan fingerprint density at radius 2 is 1.97 bits per heavy atom. The molecule has 12 heteroatoms. The largest absolute Gasteiger partial charge is 0.394 e. The number of nitrogens with two attached hydrogens (primary N) is 1. The van der Waals surface area contributed by atoms with E-state index in [-0.39, 0.29) is 22.9 Å². The van der Waals surface area contributed by atoms with Crippen molar-refractivity contribution in [3.8, 4) is 0 Å². The van der Waals surface area contributed by atoms with Crippen LogP contribution in [0.4, 0.5) is 11.8 Å². The predicted molar refractivity (Wildman–Crippen MR) is 116 cm³/mol. The van der Waals surface area contributed by atoms with Crippen LogP contribution in [-0.4, -0.2) is 71.0 Å². The summed E-state index contributed by atoms with van der Waals surface area (Å²) in [6, 6.07) is 11.5. The lowest BCUT2D eigenvalue weighted by atomic mass is 10.1. The number of ether oxygens (including phenoxy) is 1. The summed E-state index contributed by atoms with van der Waals surface area (Å²) >= 11 is 0. The quantitative estimate of drug-likeness (QED) is 0.212. The molecule has 3 aromatic heterocycles. The topological polar surface area (TPSA) is 177 Å². The number of hydrazone groups is 1. The zero-order valence-electron chi connectivity index (χ0n) is 16.6. The van der Waals surface area contributed by atoms with Crippen molar-refractivity contribution in [1.29, 1.82) is 0 Å². The van der Waals surface area contributed by atoms with E-state index in [9.17, 15) is 15.3 Å². The Balaban J connectivity index is 1.50. The maximum absolute atomic E-state index is 10.5. The number of aliphatic hydroxyl groups is 3. The van der Waals surface area contributed by atoms with Crippen molar-refractivity contribution in [3.05, 3.63) is 48.4 Å². The first-order chi connectivity index (χ1) is 15.6. The number of benzene rings is 1. The van der Waals surface area contributed by atoms with E-state index in [0.29, 0.717) is 5.69 Å². The van der Waals surface area contributed by atoms with Crippen LogP contribution in [0.5, 0.6) is 0 Å².